The third kappa shape index (κ3) is 5.85. The van der Waals surface area contributed by atoms with Gasteiger partial charge in [0.25, 0.3) is 6.43 Å². The van der Waals surface area contributed by atoms with Crippen LogP contribution in [0.2, 0.25) is 0 Å². The van der Waals surface area contributed by atoms with Crippen molar-refractivity contribution >= 4 is 11.7 Å². The van der Waals surface area contributed by atoms with Gasteiger partial charge in [-0.1, -0.05) is 12.1 Å². The Labute approximate surface area is 128 Å². The number of nitrogens with one attached hydrogen (secondary N) is 1. The molecule has 22 heavy (non-hydrogen) atoms. The first-order chi connectivity index (χ1) is 10.3. The summed E-state index contributed by atoms with van der Waals surface area (Å²) in [5.74, 6) is 0.178. The summed E-state index contributed by atoms with van der Waals surface area (Å²) in [6.07, 6.45) is -3.26. The molecule has 0 spiro atoms. The second-order valence-corrected chi connectivity index (χ2v) is 5.22. The fraction of sp³-hybridized carbons (Fsp3) is 0.533. The molecule has 1 atom stereocenters. The quantitative estimate of drug-likeness (QED) is 0.813. The molecule has 1 aromatic rings. The predicted molar refractivity (Wildman–Crippen MR) is 80.5 cm³/mol. The predicted octanol–water partition coefficient (Wildman–Crippen LogP) is 2.95. The first-order valence-electron chi connectivity index (χ1n) is 7.07. The second-order valence-electron chi connectivity index (χ2n) is 5.22. The monoisotopic (exact) mass is 316 g/mol. The molecule has 0 aliphatic rings. The minimum absolute atomic E-state index is 0.122. The van der Waals surface area contributed by atoms with Crippen LogP contribution in [-0.2, 0) is 0 Å². The summed E-state index contributed by atoms with van der Waals surface area (Å²) in [7, 11) is 0. The molecular weight excluding hydrogens is 294 g/mol. The number of carbonyl (C=O) groups excluding carboxylic acids is 1. The van der Waals surface area contributed by atoms with Crippen LogP contribution in [-0.4, -0.2) is 47.8 Å². The molecular formula is C15H22F2N2O3. The number of anilines is 1. The zero-order valence-corrected chi connectivity index (χ0v) is 12.9. The summed E-state index contributed by atoms with van der Waals surface area (Å²) < 4.78 is 29.5. The molecule has 0 aliphatic heterocycles. The highest BCUT2D eigenvalue weighted by Gasteiger charge is 2.20. The number of amides is 2. The average molecular weight is 316 g/mol. The first kappa shape index (κ1) is 18.2. The van der Waals surface area contributed by atoms with Crippen LogP contribution < -0.4 is 10.1 Å². The fourth-order valence-corrected chi connectivity index (χ4v) is 1.85. The van der Waals surface area contributed by atoms with Crippen molar-refractivity contribution in [2.24, 2.45) is 0 Å². The zero-order valence-electron chi connectivity index (χ0n) is 12.9. The van der Waals surface area contributed by atoms with Crippen LogP contribution in [0.3, 0.4) is 0 Å². The van der Waals surface area contributed by atoms with Crippen molar-refractivity contribution in [3.63, 3.8) is 0 Å². The summed E-state index contributed by atoms with van der Waals surface area (Å²) in [5, 5.41) is 12.1. The molecule has 0 aliphatic carbocycles. The van der Waals surface area contributed by atoms with E-state index in [1.165, 1.54) is 11.0 Å². The molecule has 0 heterocycles. The maximum Gasteiger partial charge on any atom is 0.322 e. The van der Waals surface area contributed by atoms with E-state index < -0.39 is 25.2 Å². The summed E-state index contributed by atoms with van der Waals surface area (Å²) in [6.45, 7) is 4.66. The number of hydrogen-bond acceptors (Lipinski definition) is 3. The van der Waals surface area contributed by atoms with Crippen LogP contribution in [0, 0.1) is 0 Å². The third-order valence-corrected chi connectivity index (χ3v) is 2.84. The smallest absolute Gasteiger partial charge is 0.322 e. The molecule has 0 fully saturated rings. The molecule has 0 bridgehead atoms. The highest BCUT2D eigenvalue weighted by molar-refractivity contribution is 5.91. The number of benzene rings is 1. The number of nitrogens with zero attached hydrogens (tertiary/aromatic N) is 1. The molecule has 1 unspecified atom stereocenters. The van der Waals surface area contributed by atoms with Gasteiger partial charge in [-0.15, -0.1) is 0 Å². The molecule has 0 saturated heterocycles. The minimum Gasteiger partial charge on any atom is -0.485 e. The lowest BCUT2D eigenvalue weighted by Crippen LogP contribution is -2.43. The van der Waals surface area contributed by atoms with E-state index in [0.717, 1.165) is 0 Å². The van der Waals surface area contributed by atoms with Crippen molar-refractivity contribution in [1.82, 2.24) is 4.90 Å². The van der Waals surface area contributed by atoms with Crippen LogP contribution >= 0.6 is 0 Å². The Hall–Kier alpha value is -1.89. The molecule has 0 aromatic heterocycles. The van der Waals surface area contributed by atoms with Gasteiger partial charge < -0.3 is 20.1 Å². The van der Waals surface area contributed by atoms with Gasteiger partial charge in [0.1, 0.15) is 12.4 Å². The number of para-hydroxylation sites is 2. The van der Waals surface area contributed by atoms with Crippen LogP contribution in [0.4, 0.5) is 19.3 Å². The molecule has 7 heteroatoms. The molecule has 1 rings (SSSR count). The van der Waals surface area contributed by atoms with Crippen LogP contribution in [0.25, 0.3) is 0 Å². The Balaban J connectivity index is 2.81. The second kappa shape index (κ2) is 8.53. The number of halogens is 2. The van der Waals surface area contributed by atoms with E-state index in [1.54, 1.807) is 25.1 Å². The van der Waals surface area contributed by atoms with Crippen molar-refractivity contribution in [3.8, 4) is 5.75 Å². The van der Waals surface area contributed by atoms with Gasteiger partial charge in [0.15, 0.2) is 0 Å². The van der Waals surface area contributed by atoms with E-state index in [4.69, 9.17) is 4.74 Å². The Morgan fingerprint density at radius 1 is 1.32 bits per heavy atom. The number of carbonyl (C=O) groups is 1. The average Bonchev–Trinajstić information content (AvgIpc) is 2.43. The number of hydrogen-bond donors (Lipinski definition) is 2. The molecule has 2 N–H and O–H groups in total. The van der Waals surface area contributed by atoms with Crippen LogP contribution in [0.5, 0.6) is 5.75 Å². The lowest BCUT2D eigenvalue weighted by molar-refractivity contribution is 0.0822. The Morgan fingerprint density at radius 2 is 1.95 bits per heavy atom. The van der Waals surface area contributed by atoms with Gasteiger partial charge in [0.05, 0.1) is 11.8 Å². The number of urea groups is 1. The van der Waals surface area contributed by atoms with Gasteiger partial charge >= 0.3 is 6.03 Å². The Bertz CT molecular complexity index is 482. The number of ether oxygens (including phenoxy) is 1. The van der Waals surface area contributed by atoms with Crippen molar-refractivity contribution < 1.29 is 23.4 Å². The Kier molecular flexibility index (Phi) is 7.04. The first-order valence-corrected chi connectivity index (χ1v) is 7.07. The van der Waals surface area contributed by atoms with Crippen molar-refractivity contribution in [2.45, 2.75) is 39.3 Å². The van der Waals surface area contributed by atoms with Gasteiger partial charge in [0, 0.05) is 12.6 Å². The molecule has 5 nitrogen and oxygen atoms in total. The number of rotatable bonds is 7. The molecule has 2 amide bonds. The molecule has 0 saturated carbocycles. The van der Waals surface area contributed by atoms with Crippen molar-refractivity contribution in [3.05, 3.63) is 24.3 Å². The van der Waals surface area contributed by atoms with E-state index in [-0.39, 0.29) is 18.3 Å². The zero-order chi connectivity index (χ0) is 16.7. The van der Waals surface area contributed by atoms with Crippen molar-refractivity contribution in [1.29, 1.82) is 0 Å². The van der Waals surface area contributed by atoms with E-state index in [2.05, 4.69) is 5.32 Å². The van der Waals surface area contributed by atoms with E-state index >= 15 is 0 Å². The highest BCUT2D eigenvalue weighted by Crippen LogP contribution is 2.24. The molecule has 124 valence electrons. The van der Waals surface area contributed by atoms with Crippen LogP contribution in [0.15, 0.2) is 24.3 Å². The largest absolute Gasteiger partial charge is 0.485 e. The highest BCUT2D eigenvalue weighted by atomic mass is 19.3. The lowest BCUT2D eigenvalue weighted by atomic mass is 10.2. The van der Waals surface area contributed by atoms with Gasteiger partial charge in [0.2, 0.25) is 0 Å². The maximum atomic E-state index is 12.3. The number of alkyl halides is 2. The molecule has 1 aromatic carbocycles. The topological polar surface area (TPSA) is 61.8 Å². The van der Waals surface area contributed by atoms with Gasteiger partial charge in [-0.25, -0.2) is 13.6 Å². The maximum absolute atomic E-state index is 12.3. The third-order valence-electron chi connectivity index (χ3n) is 2.84. The van der Waals surface area contributed by atoms with Crippen molar-refractivity contribution in [2.75, 3.05) is 18.5 Å². The van der Waals surface area contributed by atoms with Crippen LogP contribution in [0.1, 0.15) is 20.8 Å². The summed E-state index contributed by atoms with van der Waals surface area (Å²) in [6, 6.07) is 5.82. The summed E-state index contributed by atoms with van der Waals surface area (Å²) in [4.78, 5) is 13.7. The Morgan fingerprint density at radius 3 is 2.50 bits per heavy atom. The summed E-state index contributed by atoms with van der Waals surface area (Å²) in [5.41, 5.74) is 0.310. The number of aliphatic hydroxyl groups is 1. The molecule has 0 radical (unpaired) electrons. The van der Waals surface area contributed by atoms with E-state index in [1.807, 2.05) is 13.8 Å². The minimum atomic E-state index is -2.59. The SMILES string of the molecule is CC(O)CN(C(=O)Nc1ccccc1OCC(F)F)C(C)C. The summed E-state index contributed by atoms with van der Waals surface area (Å²) >= 11 is 0. The van der Waals surface area contributed by atoms with E-state index in [9.17, 15) is 18.7 Å². The van der Waals surface area contributed by atoms with Gasteiger partial charge in [-0.2, -0.15) is 0 Å². The lowest BCUT2D eigenvalue weighted by Gasteiger charge is -2.28. The fourth-order valence-electron chi connectivity index (χ4n) is 1.85. The normalized spacial score (nSPS) is 12.4. The van der Waals surface area contributed by atoms with E-state index in [0.29, 0.717) is 5.69 Å². The van der Waals surface area contributed by atoms with Gasteiger partial charge in [-0.3, -0.25) is 0 Å². The van der Waals surface area contributed by atoms with Gasteiger partial charge in [-0.05, 0) is 32.9 Å². The number of aliphatic hydroxyl groups excluding tert-OH is 1. The standard InChI is InChI=1S/C15H22F2N2O3/c1-10(2)19(8-11(3)20)15(21)18-12-6-4-5-7-13(12)22-9-14(16)17/h4-7,10-11,14,20H,8-9H2,1-3H3,(H,18,21).